The molecule has 0 saturated carbocycles. The monoisotopic (exact) mass is 519 g/mol. The molecule has 4 aromatic heterocycles. The molecule has 0 spiro atoms. The molecule has 1 aliphatic rings. The second-order valence-corrected chi connectivity index (χ2v) is 9.00. The van der Waals surface area contributed by atoms with Gasteiger partial charge < -0.3 is 16.0 Å². The van der Waals surface area contributed by atoms with Gasteiger partial charge in [-0.05, 0) is 24.5 Å². The lowest BCUT2D eigenvalue weighted by Gasteiger charge is -2.21. The number of nitrogens with two attached hydrogens (primary N) is 1. The fourth-order valence-electron chi connectivity index (χ4n) is 4.72. The van der Waals surface area contributed by atoms with Gasteiger partial charge >= 0.3 is 6.55 Å². The van der Waals surface area contributed by atoms with Gasteiger partial charge in [-0.1, -0.05) is 6.92 Å². The summed E-state index contributed by atoms with van der Waals surface area (Å²) in [4.78, 5) is 34.7. The average Bonchev–Trinajstić information content (AvgIpc) is 3.53. The van der Waals surface area contributed by atoms with Crippen molar-refractivity contribution in [2.24, 2.45) is 11.7 Å². The minimum atomic E-state index is -2.98. The number of nitrogens with one attached hydrogen (secondary N) is 1. The van der Waals surface area contributed by atoms with Crippen molar-refractivity contribution < 1.29 is 13.6 Å². The molecule has 2 unspecified atom stereocenters. The topological polar surface area (TPSA) is 147 Å². The molecule has 0 aromatic carbocycles. The van der Waals surface area contributed by atoms with E-state index >= 15 is 0 Å². The first-order chi connectivity index (χ1) is 18.3. The highest BCUT2D eigenvalue weighted by atomic mass is 19.3. The van der Waals surface area contributed by atoms with E-state index in [1.54, 1.807) is 12.3 Å². The summed E-state index contributed by atoms with van der Waals surface area (Å²) in [6, 6.07) is 6.13. The number of rotatable bonds is 7. The minimum Gasteiger partial charge on any atom is -0.378 e. The second kappa shape index (κ2) is 9.89. The van der Waals surface area contributed by atoms with Gasteiger partial charge in [0.25, 0.3) is 11.5 Å². The predicted octanol–water partition coefficient (Wildman–Crippen LogP) is 2.65. The number of hydrogen-bond acceptors (Lipinski definition) is 8. The van der Waals surface area contributed by atoms with E-state index in [0.717, 1.165) is 18.7 Å². The number of carbonyl (C=O) groups is 1. The Kier molecular flexibility index (Phi) is 6.46. The number of primary amides is 1. The maximum Gasteiger partial charge on any atom is 0.321 e. The van der Waals surface area contributed by atoms with Gasteiger partial charge in [-0.3, -0.25) is 14.2 Å². The van der Waals surface area contributed by atoms with Crippen LogP contribution in [0.2, 0.25) is 0 Å². The van der Waals surface area contributed by atoms with Crippen molar-refractivity contribution >= 4 is 23.1 Å². The molecule has 13 heteroatoms. The Morgan fingerprint density at radius 3 is 2.63 bits per heavy atom. The van der Waals surface area contributed by atoms with Gasteiger partial charge in [-0.25, -0.2) is 14.5 Å². The van der Waals surface area contributed by atoms with Crippen LogP contribution in [0.25, 0.3) is 16.6 Å². The summed E-state index contributed by atoms with van der Waals surface area (Å²) in [5.41, 5.74) is 7.32. The fraction of sp³-hybridized carbons (Fsp3) is 0.280. The maximum atomic E-state index is 13.3. The maximum absolute atomic E-state index is 13.3. The van der Waals surface area contributed by atoms with Crippen LogP contribution in [0.15, 0.2) is 54.0 Å². The molecule has 1 fully saturated rings. The zero-order valence-corrected chi connectivity index (χ0v) is 20.3. The zero-order chi connectivity index (χ0) is 27.0. The molecule has 5 rings (SSSR count). The molecule has 5 heterocycles. The van der Waals surface area contributed by atoms with Gasteiger partial charge in [0.05, 0.1) is 40.9 Å². The molecule has 0 aliphatic carbocycles. The number of hydrogen-bond donors (Lipinski definition) is 2. The molecular weight excluding hydrogens is 496 g/mol. The van der Waals surface area contributed by atoms with Crippen LogP contribution >= 0.6 is 0 Å². The Morgan fingerprint density at radius 2 is 1.97 bits per heavy atom. The number of anilines is 2. The van der Waals surface area contributed by atoms with Crippen molar-refractivity contribution in [3.05, 3.63) is 70.7 Å². The smallest absolute Gasteiger partial charge is 0.321 e. The van der Waals surface area contributed by atoms with E-state index in [1.165, 1.54) is 29.2 Å². The number of pyridine rings is 1. The fourth-order valence-corrected chi connectivity index (χ4v) is 4.72. The number of alkyl halides is 2. The number of carbonyl (C=O) groups excluding carboxylic acids is 1. The lowest BCUT2D eigenvalue weighted by atomic mass is 10.00. The quantitative estimate of drug-likeness (QED) is 0.379. The van der Waals surface area contributed by atoms with Crippen LogP contribution in [0.1, 0.15) is 35.8 Å². The van der Waals surface area contributed by atoms with Crippen LogP contribution in [0.5, 0.6) is 0 Å². The molecule has 38 heavy (non-hydrogen) atoms. The van der Waals surface area contributed by atoms with Crippen LogP contribution in [0.3, 0.4) is 0 Å². The second-order valence-electron chi connectivity index (χ2n) is 9.00. The lowest BCUT2D eigenvalue weighted by Crippen LogP contribution is -2.31. The van der Waals surface area contributed by atoms with E-state index < -0.39 is 18.0 Å². The molecule has 11 nitrogen and oxygen atoms in total. The number of nitriles is 1. The van der Waals surface area contributed by atoms with Crippen molar-refractivity contribution in [3.63, 3.8) is 0 Å². The Bertz CT molecular complexity index is 1610. The standard InChI is InChI=1S/C25H23F2N9O2/c1-2-15-10-34(25-30-7-14(6-28)8-31-25)13-19(15)33-22-18(23(29)38)9-32-36-12-17(5-20(22)36)16-3-4-21(37)35(11-16)24(26)27/h3-5,7-9,11-12,15,19,24,33H,2,10,13H2,1H3,(H2,29,38). The normalized spacial score (nSPS) is 17.2. The largest absolute Gasteiger partial charge is 0.378 e. The molecule has 194 valence electrons. The third kappa shape index (κ3) is 4.52. The summed E-state index contributed by atoms with van der Waals surface area (Å²) in [6.45, 7) is 0.277. The summed E-state index contributed by atoms with van der Waals surface area (Å²) < 4.78 is 28.4. The van der Waals surface area contributed by atoms with Crippen molar-refractivity contribution in [3.8, 4) is 17.2 Å². The van der Waals surface area contributed by atoms with Crippen molar-refractivity contribution in [1.82, 2.24) is 24.1 Å². The summed E-state index contributed by atoms with van der Waals surface area (Å²) in [5.74, 6) is 0.00270. The summed E-state index contributed by atoms with van der Waals surface area (Å²) in [6.07, 6.45) is 7.85. The van der Waals surface area contributed by atoms with Crippen LogP contribution < -0.4 is 21.5 Å². The first kappa shape index (κ1) is 24.8. The van der Waals surface area contributed by atoms with E-state index in [4.69, 9.17) is 11.0 Å². The summed E-state index contributed by atoms with van der Waals surface area (Å²) >= 11 is 0. The molecule has 0 bridgehead atoms. The average molecular weight is 520 g/mol. The number of fused-ring (bicyclic) bond motifs is 1. The third-order valence-electron chi connectivity index (χ3n) is 6.73. The van der Waals surface area contributed by atoms with Gasteiger partial charge in [-0.2, -0.15) is 19.1 Å². The molecule has 2 atom stereocenters. The van der Waals surface area contributed by atoms with Crippen LogP contribution in [0.4, 0.5) is 20.4 Å². The Morgan fingerprint density at radius 1 is 1.21 bits per heavy atom. The van der Waals surface area contributed by atoms with Crippen LogP contribution in [-0.4, -0.2) is 49.2 Å². The van der Waals surface area contributed by atoms with Crippen LogP contribution in [0, 0.1) is 17.2 Å². The van der Waals surface area contributed by atoms with E-state index in [-0.39, 0.29) is 17.5 Å². The molecule has 1 aliphatic heterocycles. The number of aromatic nitrogens is 5. The first-order valence-electron chi connectivity index (χ1n) is 11.8. The van der Waals surface area contributed by atoms with Gasteiger partial charge in [-0.15, -0.1) is 0 Å². The van der Waals surface area contributed by atoms with Crippen molar-refractivity contribution in [1.29, 1.82) is 5.26 Å². The van der Waals surface area contributed by atoms with E-state index in [9.17, 15) is 18.4 Å². The molecule has 1 saturated heterocycles. The molecule has 3 N–H and O–H groups in total. The van der Waals surface area contributed by atoms with Gasteiger partial charge in [0, 0.05) is 48.7 Å². The molecule has 1 amide bonds. The van der Waals surface area contributed by atoms with Gasteiger partial charge in [0.15, 0.2) is 0 Å². The van der Waals surface area contributed by atoms with E-state index in [1.807, 2.05) is 11.0 Å². The summed E-state index contributed by atoms with van der Waals surface area (Å²) in [7, 11) is 0. The van der Waals surface area contributed by atoms with E-state index in [2.05, 4.69) is 27.3 Å². The highest BCUT2D eigenvalue weighted by Gasteiger charge is 2.34. The SMILES string of the molecule is CCC1CN(c2ncc(C#N)cn2)CC1Nc1c(C(N)=O)cnn2cc(-c3ccc(=O)n(C(F)F)c3)cc12. The predicted molar refractivity (Wildman–Crippen MR) is 135 cm³/mol. The first-order valence-corrected chi connectivity index (χ1v) is 11.8. The summed E-state index contributed by atoms with van der Waals surface area (Å²) in [5, 5.41) is 16.8. The zero-order valence-electron chi connectivity index (χ0n) is 20.3. The van der Waals surface area contributed by atoms with Gasteiger partial charge in [0.2, 0.25) is 5.95 Å². The third-order valence-corrected chi connectivity index (χ3v) is 6.73. The Hall–Kier alpha value is -4.86. The molecular formula is C25H23F2N9O2. The number of amides is 1. The van der Waals surface area contributed by atoms with E-state index in [0.29, 0.717) is 51.5 Å². The lowest BCUT2D eigenvalue weighted by molar-refractivity contribution is 0.0665. The van der Waals surface area contributed by atoms with Gasteiger partial charge in [0.1, 0.15) is 6.07 Å². The Balaban J connectivity index is 1.52. The highest BCUT2D eigenvalue weighted by molar-refractivity contribution is 6.02. The number of halogens is 2. The van der Waals surface area contributed by atoms with Crippen molar-refractivity contribution in [2.45, 2.75) is 25.9 Å². The highest BCUT2D eigenvalue weighted by Crippen LogP contribution is 2.32. The number of nitrogens with zero attached hydrogens (tertiary/aromatic N) is 7. The Labute approximate surface area is 215 Å². The minimum absolute atomic E-state index is 0.109. The van der Waals surface area contributed by atoms with Crippen LogP contribution in [-0.2, 0) is 0 Å². The molecule has 4 aromatic rings. The molecule has 0 radical (unpaired) electrons. The van der Waals surface area contributed by atoms with Crippen molar-refractivity contribution in [2.75, 3.05) is 23.3 Å².